The highest BCUT2D eigenvalue weighted by Crippen LogP contribution is 2.22. The zero-order valence-corrected chi connectivity index (χ0v) is 12.9. The molecule has 0 saturated carbocycles. The Balaban J connectivity index is 2.29. The van der Waals surface area contributed by atoms with Crippen molar-refractivity contribution in [3.8, 4) is 6.07 Å². The summed E-state index contributed by atoms with van der Waals surface area (Å²) in [5, 5.41) is 9.26. The first-order valence-electron chi connectivity index (χ1n) is 5.75. The molecular weight excluding hydrogens is 340 g/mol. The smallest absolute Gasteiger partial charge is 0.258 e. The highest BCUT2D eigenvalue weighted by atomic mass is 79.9. The second-order valence-corrected chi connectivity index (χ2v) is 5.53. The molecule has 0 saturated heterocycles. The van der Waals surface area contributed by atoms with Crippen molar-refractivity contribution >= 4 is 39.1 Å². The molecule has 1 amide bonds. The van der Waals surface area contributed by atoms with E-state index in [0.29, 0.717) is 21.8 Å². The second-order valence-electron chi connectivity index (χ2n) is 4.18. The first kappa shape index (κ1) is 14.6. The fraction of sp³-hybridized carbons (Fsp3) is 0.0667. The molecule has 2 aromatic carbocycles. The quantitative estimate of drug-likeness (QED) is 0.813. The first-order chi connectivity index (χ1) is 9.51. The lowest BCUT2D eigenvalue weighted by Crippen LogP contribution is -2.26. The number of halogens is 2. The Kier molecular flexibility index (Phi) is 4.43. The maximum atomic E-state index is 12.4. The van der Waals surface area contributed by atoms with Crippen LogP contribution < -0.4 is 4.90 Å². The summed E-state index contributed by atoms with van der Waals surface area (Å²) in [7, 11) is 1.68. The molecular formula is C15H10BrClN2O. The molecule has 0 radical (unpaired) electrons. The number of amides is 1. The van der Waals surface area contributed by atoms with Gasteiger partial charge in [-0.1, -0.05) is 27.5 Å². The van der Waals surface area contributed by atoms with Gasteiger partial charge in [-0.2, -0.15) is 5.26 Å². The summed E-state index contributed by atoms with van der Waals surface area (Å²) >= 11 is 9.26. The molecule has 0 atom stereocenters. The third-order valence-electron chi connectivity index (χ3n) is 2.80. The van der Waals surface area contributed by atoms with Crippen LogP contribution in [-0.2, 0) is 0 Å². The maximum absolute atomic E-state index is 12.4. The Bertz CT molecular complexity index is 672. The summed E-state index contributed by atoms with van der Waals surface area (Å²) < 4.78 is 0.751. The van der Waals surface area contributed by atoms with Gasteiger partial charge >= 0.3 is 0 Å². The molecule has 0 aliphatic carbocycles. The van der Waals surface area contributed by atoms with Crippen molar-refractivity contribution in [1.29, 1.82) is 5.26 Å². The molecule has 0 spiro atoms. The summed E-state index contributed by atoms with van der Waals surface area (Å²) in [4.78, 5) is 13.9. The molecule has 100 valence electrons. The molecule has 0 N–H and O–H groups in total. The van der Waals surface area contributed by atoms with E-state index in [-0.39, 0.29) is 5.91 Å². The Morgan fingerprint density at radius 3 is 2.45 bits per heavy atom. The van der Waals surface area contributed by atoms with E-state index in [4.69, 9.17) is 16.9 Å². The molecule has 2 aromatic rings. The van der Waals surface area contributed by atoms with Gasteiger partial charge in [0.25, 0.3) is 5.91 Å². The minimum Gasteiger partial charge on any atom is -0.311 e. The summed E-state index contributed by atoms with van der Waals surface area (Å²) in [6.07, 6.45) is 0. The van der Waals surface area contributed by atoms with Crippen LogP contribution in [-0.4, -0.2) is 13.0 Å². The lowest BCUT2D eigenvalue weighted by Gasteiger charge is -2.17. The first-order valence-corrected chi connectivity index (χ1v) is 6.92. The zero-order chi connectivity index (χ0) is 14.7. The topological polar surface area (TPSA) is 44.1 Å². The lowest BCUT2D eigenvalue weighted by molar-refractivity contribution is 0.0993. The molecule has 0 aromatic heterocycles. The summed E-state index contributed by atoms with van der Waals surface area (Å²) in [5.74, 6) is -0.169. The average Bonchev–Trinajstić information content (AvgIpc) is 2.45. The number of carbonyl (C=O) groups excluding carboxylic acids is 1. The molecule has 0 aliphatic heterocycles. The number of hydrogen-bond acceptors (Lipinski definition) is 2. The van der Waals surface area contributed by atoms with Crippen molar-refractivity contribution in [1.82, 2.24) is 0 Å². The molecule has 20 heavy (non-hydrogen) atoms. The van der Waals surface area contributed by atoms with E-state index in [1.54, 1.807) is 49.5 Å². The lowest BCUT2D eigenvalue weighted by atomic mass is 10.1. The minimum absolute atomic E-state index is 0.169. The van der Waals surface area contributed by atoms with E-state index in [1.807, 2.05) is 6.07 Å². The van der Waals surface area contributed by atoms with E-state index in [0.717, 1.165) is 4.47 Å². The summed E-state index contributed by atoms with van der Waals surface area (Å²) in [6.45, 7) is 0. The Morgan fingerprint density at radius 1 is 1.25 bits per heavy atom. The van der Waals surface area contributed by atoms with Gasteiger partial charge in [-0.05, 0) is 42.5 Å². The summed E-state index contributed by atoms with van der Waals surface area (Å²) in [5.41, 5.74) is 1.77. The largest absolute Gasteiger partial charge is 0.311 e. The fourth-order valence-corrected chi connectivity index (χ4v) is 2.61. The van der Waals surface area contributed by atoms with E-state index in [1.165, 1.54) is 4.90 Å². The number of anilines is 1. The number of nitrogens with zero attached hydrogens (tertiary/aromatic N) is 2. The molecule has 0 fully saturated rings. The second kappa shape index (κ2) is 6.08. The molecule has 0 heterocycles. The predicted octanol–water partition coefficient (Wildman–Crippen LogP) is 4.25. The predicted molar refractivity (Wildman–Crippen MR) is 83.0 cm³/mol. The van der Waals surface area contributed by atoms with Gasteiger partial charge < -0.3 is 4.90 Å². The van der Waals surface area contributed by atoms with Gasteiger partial charge in [0, 0.05) is 27.8 Å². The molecule has 0 bridgehead atoms. The number of nitriles is 1. The van der Waals surface area contributed by atoms with Crippen molar-refractivity contribution in [2.45, 2.75) is 0 Å². The Hall–Kier alpha value is -1.83. The SMILES string of the molecule is CN(C(=O)c1cc(Cl)cc(Br)c1)c1ccc(C#N)cc1. The average molecular weight is 350 g/mol. The van der Waals surface area contributed by atoms with Crippen LogP contribution in [0.25, 0.3) is 0 Å². The van der Waals surface area contributed by atoms with E-state index >= 15 is 0 Å². The van der Waals surface area contributed by atoms with E-state index in [9.17, 15) is 4.79 Å². The van der Waals surface area contributed by atoms with Gasteiger partial charge in [-0.15, -0.1) is 0 Å². The minimum atomic E-state index is -0.169. The molecule has 0 aliphatic rings. The third-order valence-corrected chi connectivity index (χ3v) is 3.47. The van der Waals surface area contributed by atoms with Gasteiger partial charge in [0.1, 0.15) is 0 Å². The maximum Gasteiger partial charge on any atom is 0.258 e. The fourth-order valence-electron chi connectivity index (χ4n) is 1.75. The van der Waals surface area contributed by atoms with Gasteiger partial charge in [0.2, 0.25) is 0 Å². The van der Waals surface area contributed by atoms with Crippen molar-refractivity contribution in [3.05, 3.63) is 63.1 Å². The van der Waals surface area contributed by atoms with Crippen molar-refractivity contribution in [2.24, 2.45) is 0 Å². The van der Waals surface area contributed by atoms with Crippen LogP contribution in [0.5, 0.6) is 0 Å². The Labute approximate surface area is 130 Å². The highest BCUT2D eigenvalue weighted by molar-refractivity contribution is 9.10. The van der Waals surface area contributed by atoms with Gasteiger partial charge in [-0.25, -0.2) is 0 Å². The third kappa shape index (κ3) is 3.19. The van der Waals surface area contributed by atoms with Crippen molar-refractivity contribution in [2.75, 3.05) is 11.9 Å². The van der Waals surface area contributed by atoms with Gasteiger partial charge in [0.05, 0.1) is 11.6 Å². The van der Waals surface area contributed by atoms with Crippen molar-refractivity contribution < 1.29 is 4.79 Å². The van der Waals surface area contributed by atoms with Crippen LogP contribution in [0.4, 0.5) is 5.69 Å². The van der Waals surface area contributed by atoms with Crippen LogP contribution in [0.3, 0.4) is 0 Å². The zero-order valence-electron chi connectivity index (χ0n) is 10.6. The molecule has 2 rings (SSSR count). The number of hydrogen-bond donors (Lipinski definition) is 0. The van der Waals surface area contributed by atoms with Crippen LogP contribution in [0.1, 0.15) is 15.9 Å². The van der Waals surface area contributed by atoms with E-state index < -0.39 is 0 Å². The summed E-state index contributed by atoms with van der Waals surface area (Å²) in [6, 6.07) is 13.9. The van der Waals surface area contributed by atoms with Gasteiger partial charge in [-0.3, -0.25) is 4.79 Å². The van der Waals surface area contributed by atoms with Crippen molar-refractivity contribution in [3.63, 3.8) is 0 Å². The van der Waals surface area contributed by atoms with Crippen LogP contribution in [0.2, 0.25) is 5.02 Å². The van der Waals surface area contributed by atoms with Crippen LogP contribution in [0, 0.1) is 11.3 Å². The van der Waals surface area contributed by atoms with Gasteiger partial charge in [0.15, 0.2) is 0 Å². The Morgan fingerprint density at radius 2 is 1.90 bits per heavy atom. The monoisotopic (exact) mass is 348 g/mol. The number of benzene rings is 2. The normalized spacial score (nSPS) is 9.90. The van der Waals surface area contributed by atoms with E-state index in [2.05, 4.69) is 15.9 Å². The highest BCUT2D eigenvalue weighted by Gasteiger charge is 2.14. The number of rotatable bonds is 2. The van der Waals surface area contributed by atoms with Crippen LogP contribution >= 0.6 is 27.5 Å². The standard InChI is InChI=1S/C15H10BrClN2O/c1-19(14-4-2-10(9-18)3-5-14)15(20)11-6-12(16)8-13(17)7-11/h2-8H,1H3. The van der Waals surface area contributed by atoms with Crippen LogP contribution in [0.15, 0.2) is 46.9 Å². The molecule has 0 unspecified atom stereocenters. The molecule has 5 heteroatoms. The molecule has 3 nitrogen and oxygen atoms in total. The number of carbonyl (C=O) groups is 1.